The molecule has 144 valence electrons. The highest BCUT2D eigenvalue weighted by molar-refractivity contribution is 7.93. The molecule has 7 heteroatoms. The highest BCUT2D eigenvalue weighted by Crippen LogP contribution is 2.29. The minimum absolute atomic E-state index is 0.0639. The first-order valence-corrected chi connectivity index (χ1v) is 10.8. The number of amides is 1. The van der Waals surface area contributed by atoms with Gasteiger partial charge in [-0.2, -0.15) is 0 Å². The van der Waals surface area contributed by atoms with Crippen LogP contribution in [-0.4, -0.2) is 38.9 Å². The zero-order valence-corrected chi connectivity index (χ0v) is 17.0. The van der Waals surface area contributed by atoms with Crippen LogP contribution in [0.4, 0.5) is 5.69 Å². The molecular weight excluding hydrogens is 384 g/mol. The van der Waals surface area contributed by atoms with Gasteiger partial charge in [0.2, 0.25) is 0 Å². The summed E-state index contributed by atoms with van der Waals surface area (Å²) in [5.74, 6) is -0.155. The average molecular weight is 407 g/mol. The number of hydrogen-bond donors (Lipinski definition) is 0. The van der Waals surface area contributed by atoms with E-state index in [2.05, 4.69) is 0 Å². The quantitative estimate of drug-likeness (QED) is 0.765. The molecule has 0 N–H and O–H groups in total. The number of benzene rings is 2. The predicted molar refractivity (Wildman–Crippen MR) is 108 cm³/mol. The van der Waals surface area contributed by atoms with Gasteiger partial charge in [-0.25, -0.2) is 8.42 Å². The number of piperidine rings is 1. The number of anilines is 1. The molecule has 2 aromatic rings. The molecule has 0 aliphatic carbocycles. The number of carbonyl (C=O) groups excluding carboxylic acids is 1. The van der Waals surface area contributed by atoms with Gasteiger partial charge in [-0.05, 0) is 56.5 Å². The van der Waals surface area contributed by atoms with Gasteiger partial charge in [-0.3, -0.25) is 9.10 Å². The zero-order valence-electron chi connectivity index (χ0n) is 15.4. The average Bonchev–Trinajstić information content (AvgIpc) is 2.68. The highest BCUT2D eigenvalue weighted by atomic mass is 35.5. The van der Waals surface area contributed by atoms with Gasteiger partial charge in [0.1, 0.15) is 4.90 Å². The van der Waals surface area contributed by atoms with Crippen molar-refractivity contribution in [2.45, 2.75) is 37.1 Å². The summed E-state index contributed by atoms with van der Waals surface area (Å²) in [6, 6.07) is 13.4. The van der Waals surface area contributed by atoms with Gasteiger partial charge in [0, 0.05) is 25.2 Å². The summed E-state index contributed by atoms with van der Waals surface area (Å²) in [5, 5.41) is 0.0982. The number of para-hydroxylation sites is 1. The Morgan fingerprint density at radius 2 is 1.85 bits per heavy atom. The van der Waals surface area contributed by atoms with Crippen molar-refractivity contribution in [3.05, 3.63) is 59.1 Å². The van der Waals surface area contributed by atoms with E-state index in [1.54, 1.807) is 30.3 Å². The molecule has 0 spiro atoms. The molecule has 0 radical (unpaired) electrons. The van der Waals surface area contributed by atoms with Crippen molar-refractivity contribution in [3.63, 3.8) is 0 Å². The molecule has 27 heavy (non-hydrogen) atoms. The van der Waals surface area contributed by atoms with Crippen LogP contribution < -0.4 is 4.31 Å². The van der Waals surface area contributed by atoms with Crippen LogP contribution in [0.2, 0.25) is 5.02 Å². The van der Waals surface area contributed by atoms with Crippen LogP contribution in [-0.2, 0) is 10.0 Å². The fourth-order valence-electron chi connectivity index (χ4n) is 3.32. The summed E-state index contributed by atoms with van der Waals surface area (Å²) in [6.45, 7) is 2.71. The molecule has 0 bridgehead atoms. The van der Waals surface area contributed by atoms with E-state index in [0.717, 1.165) is 19.3 Å². The molecule has 1 atom stereocenters. The number of carbonyl (C=O) groups is 1. The lowest BCUT2D eigenvalue weighted by Gasteiger charge is -2.33. The fourth-order valence-corrected chi connectivity index (χ4v) is 5.02. The van der Waals surface area contributed by atoms with Crippen molar-refractivity contribution in [3.8, 4) is 0 Å². The maximum atomic E-state index is 13.1. The molecule has 1 aliphatic rings. The van der Waals surface area contributed by atoms with Gasteiger partial charge in [0.25, 0.3) is 15.9 Å². The Morgan fingerprint density at radius 3 is 2.52 bits per heavy atom. The van der Waals surface area contributed by atoms with Gasteiger partial charge in [-0.1, -0.05) is 29.8 Å². The van der Waals surface area contributed by atoms with Crippen molar-refractivity contribution in [1.29, 1.82) is 0 Å². The molecule has 2 aromatic carbocycles. The number of nitrogens with zero attached hydrogens (tertiary/aromatic N) is 2. The Hall–Kier alpha value is -2.05. The molecule has 1 heterocycles. The predicted octanol–water partition coefficient (Wildman–Crippen LogP) is 4.18. The lowest BCUT2D eigenvalue weighted by Crippen LogP contribution is -2.42. The SMILES string of the molecule is C[C@@H]1CCCCN1C(=O)c1ccc(Cl)c(S(=O)(=O)N(C)c2ccccc2)c1. The molecule has 1 saturated heterocycles. The zero-order chi connectivity index (χ0) is 19.6. The van der Waals surface area contributed by atoms with E-state index in [-0.39, 0.29) is 21.9 Å². The summed E-state index contributed by atoms with van der Waals surface area (Å²) >= 11 is 6.20. The minimum atomic E-state index is -3.89. The highest BCUT2D eigenvalue weighted by Gasteiger charge is 2.28. The normalized spacial score (nSPS) is 17.6. The maximum absolute atomic E-state index is 13.1. The van der Waals surface area contributed by atoms with E-state index in [0.29, 0.717) is 17.8 Å². The van der Waals surface area contributed by atoms with Crippen LogP contribution in [0.3, 0.4) is 0 Å². The number of sulfonamides is 1. The minimum Gasteiger partial charge on any atom is -0.336 e. The van der Waals surface area contributed by atoms with Crippen LogP contribution in [0, 0.1) is 0 Å². The van der Waals surface area contributed by atoms with E-state index in [4.69, 9.17) is 11.6 Å². The largest absolute Gasteiger partial charge is 0.336 e. The molecule has 1 amide bonds. The molecule has 0 unspecified atom stereocenters. The van der Waals surface area contributed by atoms with Crippen LogP contribution in [0.1, 0.15) is 36.5 Å². The maximum Gasteiger partial charge on any atom is 0.265 e. The van der Waals surface area contributed by atoms with E-state index in [9.17, 15) is 13.2 Å². The van der Waals surface area contributed by atoms with Crippen LogP contribution in [0.15, 0.2) is 53.4 Å². The molecule has 1 fully saturated rings. The second-order valence-electron chi connectivity index (χ2n) is 6.80. The van der Waals surface area contributed by atoms with Gasteiger partial charge < -0.3 is 4.90 Å². The van der Waals surface area contributed by atoms with Crippen molar-refractivity contribution in [2.24, 2.45) is 0 Å². The van der Waals surface area contributed by atoms with Gasteiger partial charge in [0.15, 0.2) is 0 Å². The van der Waals surface area contributed by atoms with E-state index >= 15 is 0 Å². The lowest BCUT2D eigenvalue weighted by molar-refractivity contribution is 0.0635. The van der Waals surface area contributed by atoms with Gasteiger partial charge >= 0.3 is 0 Å². The second-order valence-corrected chi connectivity index (χ2v) is 9.14. The Balaban J connectivity index is 1.96. The summed E-state index contributed by atoms with van der Waals surface area (Å²) < 4.78 is 27.3. The molecule has 3 rings (SSSR count). The number of rotatable bonds is 4. The van der Waals surface area contributed by atoms with Crippen LogP contribution in [0.25, 0.3) is 0 Å². The number of halogens is 1. The summed E-state index contributed by atoms with van der Waals surface area (Å²) in [4.78, 5) is 14.7. The molecule has 5 nitrogen and oxygen atoms in total. The first-order valence-electron chi connectivity index (χ1n) is 8.97. The topological polar surface area (TPSA) is 57.7 Å². The Kier molecular flexibility index (Phi) is 5.77. The summed E-state index contributed by atoms with van der Waals surface area (Å²) in [5.41, 5.74) is 0.864. The Labute approximate surface area is 165 Å². The van der Waals surface area contributed by atoms with Crippen LogP contribution in [0.5, 0.6) is 0 Å². The van der Waals surface area contributed by atoms with Crippen molar-refractivity contribution in [2.75, 3.05) is 17.9 Å². The fraction of sp³-hybridized carbons (Fsp3) is 0.350. The van der Waals surface area contributed by atoms with Crippen molar-refractivity contribution >= 4 is 33.2 Å². The third kappa shape index (κ3) is 3.96. The molecular formula is C20H23ClN2O3S. The molecule has 1 aliphatic heterocycles. The monoisotopic (exact) mass is 406 g/mol. The standard InChI is InChI=1S/C20H23ClN2O3S/c1-15-8-6-7-13-23(15)20(24)16-11-12-18(21)19(14-16)27(25,26)22(2)17-9-4-3-5-10-17/h3-5,9-12,14-15H,6-8,13H2,1-2H3/t15-/m1/s1. The number of hydrogen-bond acceptors (Lipinski definition) is 3. The van der Waals surface area contributed by atoms with Crippen LogP contribution >= 0.6 is 11.6 Å². The van der Waals surface area contributed by atoms with Crippen molar-refractivity contribution < 1.29 is 13.2 Å². The lowest BCUT2D eigenvalue weighted by atomic mass is 10.0. The Bertz CT molecular complexity index is 931. The summed E-state index contributed by atoms with van der Waals surface area (Å²) in [7, 11) is -2.42. The van der Waals surface area contributed by atoms with Gasteiger partial charge in [-0.15, -0.1) is 0 Å². The van der Waals surface area contributed by atoms with E-state index in [1.807, 2.05) is 17.9 Å². The first-order chi connectivity index (χ1) is 12.8. The van der Waals surface area contributed by atoms with E-state index < -0.39 is 10.0 Å². The first kappa shape index (κ1) is 19.7. The molecule has 0 saturated carbocycles. The summed E-state index contributed by atoms with van der Waals surface area (Å²) in [6.07, 6.45) is 3.03. The second kappa shape index (κ2) is 7.90. The van der Waals surface area contributed by atoms with Gasteiger partial charge in [0.05, 0.1) is 10.7 Å². The third-order valence-electron chi connectivity index (χ3n) is 5.00. The number of likely N-dealkylation sites (tertiary alicyclic amines) is 1. The third-order valence-corrected chi connectivity index (χ3v) is 7.27. The molecule has 0 aromatic heterocycles. The smallest absolute Gasteiger partial charge is 0.265 e. The van der Waals surface area contributed by atoms with Crippen molar-refractivity contribution in [1.82, 2.24) is 4.90 Å². The van der Waals surface area contributed by atoms with E-state index in [1.165, 1.54) is 23.5 Å². The Morgan fingerprint density at radius 1 is 1.15 bits per heavy atom.